The Morgan fingerprint density at radius 3 is 2.61 bits per heavy atom. The summed E-state index contributed by atoms with van der Waals surface area (Å²) in [5, 5.41) is 13.4. The van der Waals surface area contributed by atoms with E-state index < -0.39 is 5.97 Å². The van der Waals surface area contributed by atoms with Crippen molar-refractivity contribution in [2.45, 2.75) is 13.8 Å². The second-order valence-electron chi connectivity index (χ2n) is 3.97. The molecule has 2 rings (SSSR count). The van der Waals surface area contributed by atoms with Gasteiger partial charge in [0.05, 0.1) is 27.1 Å². The maximum absolute atomic E-state index is 11.0. The van der Waals surface area contributed by atoms with Crippen molar-refractivity contribution in [3.8, 4) is 5.69 Å². The molecule has 0 amide bonds. The van der Waals surface area contributed by atoms with Crippen molar-refractivity contribution in [2.75, 3.05) is 5.73 Å². The van der Waals surface area contributed by atoms with Crippen molar-refractivity contribution in [3.05, 3.63) is 39.6 Å². The number of rotatable bonds is 2. The van der Waals surface area contributed by atoms with Crippen LogP contribution in [0.15, 0.2) is 22.7 Å². The van der Waals surface area contributed by atoms with Crippen molar-refractivity contribution in [3.63, 3.8) is 0 Å². The van der Waals surface area contributed by atoms with Gasteiger partial charge in [-0.15, -0.1) is 0 Å². The Morgan fingerprint density at radius 1 is 1.44 bits per heavy atom. The van der Waals surface area contributed by atoms with Crippen molar-refractivity contribution < 1.29 is 9.90 Å². The van der Waals surface area contributed by atoms with E-state index in [2.05, 4.69) is 21.0 Å². The Hall–Kier alpha value is -1.82. The summed E-state index contributed by atoms with van der Waals surface area (Å²) in [6.45, 7) is 3.78. The van der Waals surface area contributed by atoms with Crippen LogP contribution < -0.4 is 5.73 Å². The number of hydrogen-bond acceptors (Lipinski definition) is 3. The van der Waals surface area contributed by atoms with Gasteiger partial charge in [-0.1, -0.05) is 0 Å². The molecule has 2 aromatic rings. The maximum atomic E-state index is 11.0. The molecule has 0 spiro atoms. The van der Waals surface area contributed by atoms with Crippen LogP contribution in [0.5, 0.6) is 0 Å². The highest BCUT2D eigenvalue weighted by molar-refractivity contribution is 9.10. The van der Waals surface area contributed by atoms with E-state index in [1.54, 1.807) is 16.8 Å². The summed E-state index contributed by atoms with van der Waals surface area (Å²) < 4.78 is 2.60. The van der Waals surface area contributed by atoms with Gasteiger partial charge >= 0.3 is 5.97 Å². The standard InChI is InChI=1S/C12H12BrN3O2/c1-6-11(13)7(2)16(15-6)8-3-4-10(14)9(5-8)12(17)18/h3-5H,14H2,1-2H3,(H,17,18). The van der Waals surface area contributed by atoms with E-state index in [4.69, 9.17) is 10.8 Å². The summed E-state index contributed by atoms with van der Waals surface area (Å²) in [4.78, 5) is 11.0. The SMILES string of the molecule is Cc1nn(-c2ccc(N)c(C(=O)O)c2)c(C)c1Br. The second-order valence-corrected chi connectivity index (χ2v) is 4.77. The zero-order valence-corrected chi connectivity index (χ0v) is 11.5. The predicted octanol–water partition coefficient (Wildman–Crippen LogP) is 2.53. The molecular weight excluding hydrogens is 298 g/mol. The topological polar surface area (TPSA) is 81.1 Å². The molecule has 0 saturated heterocycles. The molecule has 0 atom stereocenters. The first-order valence-corrected chi connectivity index (χ1v) is 6.06. The fraction of sp³-hybridized carbons (Fsp3) is 0.167. The van der Waals surface area contributed by atoms with Gasteiger partial charge in [0.1, 0.15) is 0 Å². The highest BCUT2D eigenvalue weighted by atomic mass is 79.9. The van der Waals surface area contributed by atoms with Gasteiger partial charge in [-0.2, -0.15) is 5.10 Å². The van der Waals surface area contributed by atoms with Gasteiger partial charge in [0, 0.05) is 5.69 Å². The van der Waals surface area contributed by atoms with Gasteiger partial charge < -0.3 is 10.8 Å². The lowest BCUT2D eigenvalue weighted by atomic mass is 10.1. The first-order chi connectivity index (χ1) is 8.41. The lowest BCUT2D eigenvalue weighted by molar-refractivity contribution is 0.0698. The average molecular weight is 310 g/mol. The second kappa shape index (κ2) is 4.45. The Balaban J connectivity index is 2.61. The molecule has 0 bridgehead atoms. The summed E-state index contributed by atoms with van der Waals surface area (Å²) in [6.07, 6.45) is 0. The third-order valence-electron chi connectivity index (χ3n) is 2.71. The zero-order chi connectivity index (χ0) is 13.4. The van der Waals surface area contributed by atoms with Gasteiger partial charge in [0.25, 0.3) is 0 Å². The number of nitrogens with two attached hydrogens (primary N) is 1. The van der Waals surface area contributed by atoms with E-state index in [0.717, 1.165) is 15.9 Å². The van der Waals surface area contributed by atoms with Gasteiger partial charge in [-0.05, 0) is 48.0 Å². The number of aromatic nitrogens is 2. The Kier molecular flexibility index (Phi) is 3.13. The number of hydrogen-bond donors (Lipinski definition) is 2. The van der Waals surface area contributed by atoms with Gasteiger partial charge in [0.2, 0.25) is 0 Å². The largest absolute Gasteiger partial charge is 0.478 e. The summed E-state index contributed by atoms with van der Waals surface area (Å²) in [5.74, 6) is -1.05. The van der Waals surface area contributed by atoms with E-state index in [9.17, 15) is 4.79 Å². The number of carboxylic acids is 1. The van der Waals surface area contributed by atoms with Crippen LogP contribution in [0.1, 0.15) is 21.7 Å². The minimum atomic E-state index is -1.05. The molecule has 94 valence electrons. The summed E-state index contributed by atoms with van der Waals surface area (Å²) >= 11 is 3.43. The number of halogens is 1. The van der Waals surface area contributed by atoms with E-state index in [1.807, 2.05) is 13.8 Å². The molecule has 3 N–H and O–H groups in total. The molecule has 0 unspecified atom stereocenters. The first kappa shape index (κ1) is 12.6. The Labute approximate surface area is 112 Å². The lowest BCUT2D eigenvalue weighted by Crippen LogP contribution is -2.06. The van der Waals surface area contributed by atoms with E-state index >= 15 is 0 Å². The minimum absolute atomic E-state index is 0.0798. The van der Waals surface area contributed by atoms with Crippen LogP contribution in [0, 0.1) is 13.8 Å². The van der Waals surface area contributed by atoms with Crippen LogP contribution >= 0.6 is 15.9 Å². The zero-order valence-electron chi connectivity index (χ0n) is 9.94. The monoisotopic (exact) mass is 309 g/mol. The summed E-state index contributed by atoms with van der Waals surface area (Å²) in [5.41, 5.74) is 8.38. The Morgan fingerprint density at radius 2 is 2.11 bits per heavy atom. The van der Waals surface area contributed by atoms with Gasteiger partial charge in [-0.25, -0.2) is 9.48 Å². The van der Waals surface area contributed by atoms with Crippen LogP contribution in [-0.4, -0.2) is 20.9 Å². The third kappa shape index (κ3) is 1.99. The minimum Gasteiger partial charge on any atom is -0.478 e. The molecule has 0 fully saturated rings. The smallest absolute Gasteiger partial charge is 0.337 e. The van der Waals surface area contributed by atoms with E-state index in [-0.39, 0.29) is 11.3 Å². The number of carbonyl (C=O) groups is 1. The van der Waals surface area contributed by atoms with Crippen molar-refractivity contribution in [1.82, 2.24) is 9.78 Å². The normalized spacial score (nSPS) is 10.6. The van der Waals surface area contributed by atoms with Crippen LogP contribution in [0.4, 0.5) is 5.69 Å². The summed E-state index contributed by atoms with van der Waals surface area (Å²) in [6, 6.07) is 4.83. The number of benzene rings is 1. The number of aromatic carboxylic acids is 1. The molecule has 18 heavy (non-hydrogen) atoms. The fourth-order valence-electron chi connectivity index (χ4n) is 1.74. The van der Waals surface area contributed by atoms with Gasteiger partial charge in [-0.3, -0.25) is 0 Å². The average Bonchev–Trinajstić information content (AvgIpc) is 2.57. The predicted molar refractivity (Wildman–Crippen MR) is 72.1 cm³/mol. The van der Waals surface area contributed by atoms with Crippen LogP contribution in [-0.2, 0) is 0 Å². The molecule has 6 heteroatoms. The van der Waals surface area contributed by atoms with Crippen LogP contribution in [0.25, 0.3) is 5.69 Å². The van der Waals surface area contributed by atoms with Gasteiger partial charge in [0.15, 0.2) is 0 Å². The number of nitrogens with zero attached hydrogens (tertiary/aromatic N) is 2. The number of aryl methyl sites for hydroxylation is 1. The molecular formula is C12H12BrN3O2. The molecule has 1 aromatic heterocycles. The Bertz CT molecular complexity index is 634. The number of anilines is 1. The molecule has 0 saturated carbocycles. The number of nitrogen functional groups attached to an aromatic ring is 1. The highest BCUT2D eigenvalue weighted by Gasteiger charge is 2.13. The molecule has 0 aliphatic rings. The van der Waals surface area contributed by atoms with Crippen molar-refractivity contribution in [2.24, 2.45) is 0 Å². The van der Waals surface area contributed by atoms with Crippen LogP contribution in [0.2, 0.25) is 0 Å². The molecule has 0 aliphatic heterocycles. The van der Waals surface area contributed by atoms with Crippen LogP contribution in [0.3, 0.4) is 0 Å². The van der Waals surface area contributed by atoms with E-state index in [0.29, 0.717) is 5.69 Å². The molecule has 5 nitrogen and oxygen atoms in total. The maximum Gasteiger partial charge on any atom is 0.337 e. The first-order valence-electron chi connectivity index (χ1n) is 5.26. The highest BCUT2D eigenvalue weighted by Crippen LogP contribution is 2.24. The molecule has 0 radical (unpaired) electrons. The fourth-order valence-corrected chi connectivity index (χ4v) is 1.98. The van der Waals surface area contributed by atoms with E-state index in [1.165, 1.54) is 6.07 Å². The summed E-state index contributed by atoms with van der Waals surface area (Å²) in [7, 11) is 0. The molecule has 1 heterocycles. The van der Waals surface area contributed by atoms with Crippen molar-refractivity contribution >= 4 is 27.6 Å². The quantitative estimate of drug-likeness (QED) is 0.835. The van der Waals surface area contributed by atoms with Crippen molar-refractivity contribution in [1.29, 1.82) is 0 Å². The molecule has 0 aliphatic carbocycles. The number of carboxylic acid groups (broad SMARTS) is 1. The lowest BCUT2D eigenvalue weighted by Gasteiger charge is -2.07. The third-order valence-corrected chi connectivity index (χ3v) is 3.86. The molecule has 1 aromatic carbocycles.